The van der Waals surface area contributed by atoms with Gasteiger partial charge in [-0.15, -0.1) is 0 Å². The normalized spacial score (nSPS) is 13.8. The maximum atomic E-state index is 15.4. The van der Waals surface area contributed by atoms with Gasteiger partial charge >= 0.3 is 6.61 Å². The summed E-state index contributed by atoms with van der Waals surface area (Å²) in [5.74, 6) is -2.68. The van der Waals surface area contributed by atoms with Gasteiger partial charge in [-0.05, 0) is 80.7 Å². The summed E-state index contributed by atoms with van der Waals surface area (Å²) in [4.78, 5) is 31.8. The lowest BCUT2D eigenvalue weighted by molar-refractivity contribution is -0.0498. The van der Waals surface area contributed by atoms with Crippen LogP contribution in [0.5, 0.6) is 11.5 Å². The smallest absolute Gasteiger partial charge is 0.387 e. The number of aryl methyl sites for hydroxylation is 1. The van der Waals surface area contributed by atoms with Crippen molar-refractivity contribution in [2.75, 3.05) is 25.5 Å². The van der Waals surface area contributed by atoms with E-state index >= 15 is 8.78 Å². The first-order valence-corrected chi connectivity index (χ1v) is 13.5. The average molecular weight is 600 g/mol. The Bertz CT molecular complexity index is 1690. The first-order chi connectivity index (χ1) is 20.6. The van der Waals surface area contributed by atoms with Crippen molar-refractivity contribution in [2.24, 2.45) is 7.05 Å². The number of carbonyl (C=O) groups excluding carboxylic acids is 1. The number of anilines is 1. The van der Waals surface area contributed by atoms with Gasteiger partial charge in [0, 0.05) is 30.4 Å². The summed E-state index contributed by atoms with van der Waals surface area (Å²) >= 11 is 0. The summed E-state index contributed by atoms with van der Waals surface area (Å²) in [6, 6.07) is 10.4. The maximum Gasteiger partial charge on any atom is 0.387 e. The van der Waals surface area contributed by atoms with E-state index in [1.807, 2.05) is 6.07 Å². The zero-order valence-corrected chi connectivity index (χ0v) is 23.6. The van der Waals surface area contributed by atoms with Crippen molar-refractivity contribution in [3.63, 3.8) is 0 Å². The molecule has 0 radical (unpaired) electrons. The molecule has 0 atom stereocenters. The van der Waals surface area contributed by atoms with E-state index in [2.05, 4.69) is 20.4 Å². The second-order valence-corrected chi connectivity index (χ2v) is 10.1. The molecule has 0 unspecified atom stereocenters. The minimum Gasteiger partial charge on any atom is -0.497 e. The van der Waals surface area contributed by atoms with Crippen molar-refractivity contribution in [1.82, 2.24) is 19.7 Å². The van der Waals surface area contributed by atoms with Crippen LogP contribution in [-0.2, 0) is 7.05 Å². The SMILES string of the molecule is COc1cc(F)c(-c2c(NC(=O)c3ccc(OC(F)F)cc3)c(=O)n(-c3cc(C4CCNCC4)cc(C)n3)n2C)c(F)c1. The Hall–Kier alpha value is -4.65. The van der Waals surface area contributed by atoms with Crippen LogP contribution in [0, 0.1) is 18.6 Å². The van der Waals surface area contributed by atoms with Gasteiger partial charge in [0.2, 0.25) is 0 Å². The lowest BCUT2D eigenvalue weighted by Gasteiger charge is -2.23. The van der Waals surface area contributed by atoms with Crippen LogP contribution in [-0.4, -0.2) is 47.1 Å². The molecule has 0 spiro atoms. The van der Waals surface area contributed by atoms with E-state index in [1.54, 1.807) is 13.0 Å². The van der Waals surface area contributed by atoms with Gasteiger partial charge in [0.1, 0.15) is 34.5 Å². The second kappa shape index (κ2) is 12.3. The fourth-order valence-corrected chi connectivity index (χ4v) is 5.31. The molecule has 1 aliphatic rings. The lowest BCUT2D eigenvalue weighted by Crippen LogP contribution is -2.27. The monoisotopic (exact) mass is 599 g/mol. The molecule has 9 nitrogen and oxygen atoms in total. The quantitative estimate of drug-likeness (QED) is 0.272. The summed E-state index contributed by atoms with van der Waals surface area (Å²) in [6.07, 6.45) is 1.78. The van der Waals surface area contributed by atoms with Gasteiger partial charge in [-0.1, -0.05) is 0 Å². The molecule has 1 amide bonds. The third kappa shape index (κ3) is 6.12. The summed E-state index contributed by atoms with van der Waals surface area (Å²) in [7, 11) is 2.69. The van der Waals surface area contributed by atoms with Crippen LogP contribution in [0.25, 0.3) is 17.1 Å². The number of alkyl halides is 2. The highest BCUT2D eigenvalue weighted by molar-refractivity contribution is 6.06. The highest BCUT2D eigenvalue weighted by Gasteiger charge is 2.29. The topological polar surface area (TPSA) is 99.4 Å². The Labute approximate surface area is 244 Å². The molecule has 4 aromatic rings. The molecular formula is C30H29F4N5O4. The van der Waals surface area contributed by atoms with Crippen LogP contribution in [0.15, 0.2) is 53.3 Å². The predicted octanol–water partition coefficient (Wildman–Crippen LogP) is 5.15. The van der Waals surface area contributed by atoms with Crippen LogP contribution in [0.4, 0.5) is 23.2 Å². The molecule has 5 rings (SSSR count). The van der Waals surface area contributed by atoms with Gasteiger partial charge in [0.25, 0.3) is 11.5 Å². The van der Waals surface area contributed by atoms with Crippen LogP contribution in [0.2, 0.25) is 0 Å². The van der Waals surface area contributed by atoms with Crippen LogP contribution >= 0.6 is 0 Å². The van der Waals surface area contributed by atoms with Gasteiger partial charge in [0.15, 0.2) is 5.82 Å². The van der Waals surface area contributed by atoms with E-state index in [0.717, 1.165) is 60.4 Å². The molecule has 0 aliphatic carbocycles. The van der Waals surface area contributed by atoms with E-state index in [0.29, 0.717) is 5.69 Å². The number of rotatable bonds is 8. The Kier molecular flexibility index (Phi) is 8.53. The second-order valence-electron chi connectivity index (χ2n) is 10.1. The van der Waals surface area contributed by atoms with Crippen molar-refractivity contribution < 1.29 is 31.8 Å². The van der Waals surface area contributed by atoms with E-state index in [4.69, 9.17) is 4.74 Å². The molecule has 0 bridgehead atoms. The molecule has 226 valence electrons. The number of ether oxygens (including phenoxy) is 2. The third-order valence-corrected chi connectivity index (χ3v) is 7.32. The van der Waals surface area contributed by atoms with Crippen LogP contribution in [0.3, 0.4) is 0 Å². The Morgan fingerprint density at radius 3 is 2.30 bits per heavy atom. The number of methoxy groups -OCH3 is 1. The maximum absolute atomic E-state index is 15.4. The molecule has 3 heterocycles. The molecule has 0 saturated carbocycles. The van der Waals surface area contributed by atoms with E-state index < -0.39 is 41.0 Å². The van der Waals surface area contributed by atoms with E-state index in [9.17, 15) is 18.4 Å². The molecule has 13 heteroatoms. The molecular weight excluding hydrogens is 570 g/mol. The number of nitrogens with one attached hydrogen (secondary N) is 2. The van der Waals surface area contributed by atoms with Crippen molar-refractivity contribution in [2.45, 2.75) is 32.3 Å². The number of carbonyl (C=O) groups is 1. The Balaban J connectivity index is 1.65. The van der Waals surface area contributed by atoms with Crippen molar-refractivity contribution in [1.29, 1.82) is 0 Å². The Morgan fingerprint density at radius 2 is 1.70 bits per heavy atom. The number of piperidine rings is 1. The van der Waals surface area contributed by atoms with Gasteiger partial charge < -0.3 is 20.1 Å². The van der Waals surface area contributed by atoms with Gasteiger partial charge in [-0.25, -0.2) is 13.8 Å². The molecule has 2 aromatic heterocycles. The number of benzene rings is 2. The van der Waals surface area contributed by atoms with E-state index in [1.165, 1.54) is 31.0 Å². The van der Waals surface area contributed by atoms with Crippen molar-refractivity contribution >= 4 is 11.6 Å². The number of aromatic nitrogens is 3. The third-order valence-electron chi connectivity index (χ3n) is 7.32. The van der Waals surface area contributed by atoms with Gasteiger partial charge in [-0.2, -0.15) is 13.5 Å². The summed E-state index contributed by atoms with van der Waals surface area (Å²) in [5, 5.41) is 5.80. The van der Waals surface area contributed by atoms with Gasteiger partial charge in [0.05, 0.1) is 12.7 Å². The van der Waals surface area contributed by atoms with Crippen LogP contribution < -0.4 is 25.7 Å². The highest BCUT2D eigenvalue weighted by atomic mass is 19.3. The van der Waals surface area contributed by atoms with E-state index in [-0.39, 0.29) is 34.5 Å². The minimum atomic E-state index is -3.05. The average Bonchev–Trinajstić information content (AvgIpc) is 3.21. The molecule has 2 aromatic carbocycles. The van der Waals surface area contributed by atoms with Crippen LogP contribution in [0.1, 0.15) is 40.4 Å². The number of hydrogen-bond acceptors (Lipinski definition) is 6. The number of nitrogens with zero attached hydrogens (tertiary/aromatic N) is 3. The molecule has 43 heavy (non-hydrogen) atoms. The molecule has 1 fully saturated rings. The summed E-state index contributed by atoms with van der Waals surface area (Å²) in [5.41, 5.74) is -0.416. The highest BCUT2D eigenvalue weighted by Crippen LogP contribution is 2.35. The first-order valence-electron chi connectivity index (χ1n) is 13.5. The molecule has 1 saturated heterocycles. The summed E-state index contributed by atoms with van der Waals surface area (Å²) in [6.45, 7) is 0.425. The van der Waals surface area contributed by atoms with Crippen molar-refractivity contribution in [3.8, 4) is 28.6 Å². The number of hydrogen-bond donors (Lipinski definition) is 2. The molecule has 1 aliphatic heterocycles. The predicted molar refractivity (Wildman–Crippen MR) is 151 cm³/mol. The zero-order chi connectivity index (χ0) is 30.8. The largest absolute Gasteiger partial charge is 0.497 e. The summed E-state index contributed by atoms with van der Waals surface area (Å²) < 4.78 is 67.6. The number of halogens is 4. The first kappa shape index (κ1) is 29.8. The zero-order valence-electron chi connectivity index (χ0n) is 23.6. The van der Waals surface area contributed by atoms with Crippen molar-refractivity contribution in [3.05, 3.63) is 87.3 Å². The van der Waals surface area contributed by atoms with Gasteiger partial charge in [-0.3, -0.25) is 14.3 Å². The molecule has 2 N–H and O–H groups in total. The minimum absolute atomic E-state index is 0.0140. The Morgan fingerprint density at radius 1 is 1.05 bits per heavy atom. The fraction of sp³-hybridized carbons (Fsp3) is 0.300. The number of pyridine rings is 1. The number of amides is 1. The fourth-order valence-electron chi connectivity index (χ4n) is 5.31. The lowest BCUT2D eigenvalue weighted by atomic mass is 9.90. The standard InChI is InChI=1S/C30H29F4N5O4/c1-16-12-19(17-8-10-35-11-9-17)13-24(36-16)39-29(41)26(37-28(40)18-4-6-20(7-5-18)43-30(33)34)27(38(39)2)25-22(31)14-21(42-3)15-23(25)32/h4-7,12-15,17,30,35H,8-11H2,1-3H3,(H,37,40).